The zero-order chi connectivity index (χ0) is 14.0. The van der Waals surface area contributed by atoms with Crippen molar-refractivity contribution in [2.75, 3.05) is 0 Å². The quantitative estimate of drug-likeness (QED) is 0.813. The van der Waals surface area contributed by atoms with Gasteiger partial charge in [-0.15, -0.1) is 0 Å². The van der Waals surface area contributed by atoms with E-state index in [-0.39, 0.29) is 23.9 Å². The molecule has 1 saturated carbocycles. The van der Waals surface area contributed by atoms with Crippen LogP contribution in [0.4, 0.5) is 0 Å². The molecule has 0 aromatic carbocycles. The van der Waals surface area contributed by atoms with Crippen molar-refractivity contribution in [1.29, 1.82) is 0 Å². The highest BCUT2D eigenvalue weighted by Crippen LogP contribution is 2.38. The van der Waals surface area contributed by atoms with E-state index in [4.69, 9.17) is 10.3 Å². The minimum atomic E-state index is -0.244. The van der Waals surface area contributed by atoms with Crippen LogP contribution in [0.5, 0.6) is 0 Å². The number of nitrogens with one attached hydrogen (secondary N) is 1. The Morgan fingerprint density at radius 1 is 1.47 bits per heavy atom. The maximum atomic E-state index is 11.8. The summed E-state index contributed by atoms with van der Waals surface area (Å²) < 4.78 is 5.29. The number of rotatable bonds is 6. The van der Waals surface area contributed by atoms with Crippen LogP contribution in [0.2, 0.25) is 0 Å². The molecular weight excluding hydrogens is 244 g/mol. The number of hydrogen-bond donors (Lipinski definition) is 2. The Morgan fingerprint density at radius 2 is 2.16 bits per heavy atom. The monoisotopic (exact) mass is 266 g/mol. The second kappa shape index (κ2) is 5.69. The minimum Gasteiger partial charge on any atom is -0.344 e. The lowest BCUT2D eigenvalue weighted by Gasteiger charge is -2.19. The number of hydrogen-bond acceptors (Lipinski definition) is 5. The molecule has 0 spiro atoms. The predicted molar refractivity (Wildman–Crippen MR) is 70.3 cm³/mol. The van der Waals surface area contributed by atoms with Crippen molar-refractivity contribution < 1.29 is 9.32 Å². The maximum absolute atomic E-state index is 11.8. The molecule has 1 aliphatic carbocycles. The summed E-state index contributed by atoms with van der Waals surface area (Å²) in [5.41, 5.74) is 5.62. The largest absolute Gasteiger partial charge is 0.344 e. The third kappa shape index (κ3) is 3.76. The Kier molecular flexibility index (Phi) is 4.19. The highest BCUT2D eigenvalue weighted by Gasteiger charge is 2.31. The minimum absolute atomic E-state index is 0.0835. The van der Waals surface area contributed by atoms with E-state index in [0.717, 1.165) is 18.7 Å². The molecule has 1 heterocycles. The molecule has 6 heteroatoms. The highest BCUT2D eigenvalue weighted by atomic mass is 16.5. The van der Waals surface area contributed by atoms with Gasteiger partial charge in [0, 0.05) is 18.4 Å². The van der Waals surface area contributed by atoms with Crippen molar-refractivity contribution in [1.82, 2.24) is 15.5 Å². The van der Waals surface area contributed by atoms with Crippen molar-refractivity contribution in [3.05, 3.63) is 11.7 Å². The Balaban J connectivity index is 2.03. The molecule has 19 heavy (non-hydrogen) atoms. The molecule has 1 amide bonds. The summed E-state index contributed by atoms with van der Waals surface area (Å²) in [6, 6.07) is -0.399. The van der Waals surface area contributed by atoms with E-state index in [0.29, 0.717) is 18.2 Å². The third-order valence-electron chi connectivity index (χ3n) is 3.16. The lowest BCUT2D eigenvalue weighted by molar-refractivity contribution is -0.122. The van der Waals surface area contributed by atoms with Crippen molar-refractivity contribution in [3.8, 4) is 0 Å². The first-order valence-corrected chi connectivity index (χ1v) is 6.85. The van der Waals surface area contributed by atoms with E-state index in [1.54, 1.807) is 0 Å². The average Bonchev–Trinajstić information content (AvgIpc) is 3.04. The van der Waals surface area contributed by atoms with Crippen LogP contribution in [0.15, 0.2) is 4.52 Å². The zero-order valence-corrected chi connectivity index (χ0v) is 11.7. The molecule has 2 rings (SSSR count). The number of carbonyl (C=O) groups excluding carboxylic acids is 1. The summed E-state index contributed by atoms with van der Waals surface area (Å²) in [5, 5.41) is 6.91. The summed E-state index contributed by atoms with van der Waals surface area (Å²) in [6.45, 7) is 5.83. The van der Waals surface area contributed by atoms with Crippen LogP contribution < -0.4 is 11.1 Å². The zero-order valence-electron chi connectivity index (χ0n) is 11.7. The van der Waals surface area contributed by atoms with Gasteiger partial charge in [-0.2, -0.15) is 4.98 Å². The van der Waals surface area contributed by atoms with E-state index in [1.165, 1.54) is 0 Å². The van der Waals surface area contributed by atoms with Gasteiger partial charge in [-0.3, -0.25) is 4.79 Å². The normalized spacial score (nSPS) is 18.4. The second-order valence-electron chi connectivity index (χ2n) is 5.74. The van der Waals surface area contributed by atoms with Crippen LogP contribution in [0.25, 0.3) is 0 Å². The first-order valence-electron chi connectivity index (χ1n) is 6.85. The van der Waals surface area contributed by atoms with Crippen LogP contribution in [-0.4, -0.2) is 22.1 Å². The fraction of sp³-hybridized carbons (Fsp3) is 0.769. The third-order valence-corrected chi connectivity index (χ3v) is 3.16. The fourth-order valence-electron chi connectivity index (χ4n) is 1.92. The second-order valence-corrected chi connectivity index (χ2v) is 5.74. The standard InChI is InChI=1S/C13H22N4O2/c1-7(2)11(15-10(18)6-8(3)14)13-16-12(17-19-13)9-4-5-9/h7-9,11H,4-6,14H2,1-3H3,(H,15,18). The van der Waals surface area contributed by atoms with Gasteiger partial charge in [-0.25, -0.2) is 0 Å². The lowest BCUT2D eigenvalue weighted by atomic mass is 10.0. The Hall–Kier alpha value is -1.43. The summed E-state index contributed by atoms with van der Waals surface area (Å²) in [4.78, 5) is 16.2. The Bertz CT molecular complexity index is 438. The number of amides is 1. The summed E-state index contributed by atoms with van der Waals surface area (Å²) in [5.74, 6) is 1.81. The molecule has 2 unspecified atom stereocenters. The molecule has 1 aromatic rings. The van der Waals surface area contributed by atoms with Gasteiger partial charge < -0.3 is 15.6 Å². The summed E-state index contributed by atoms with van der Waals surface area (Å²) >= 11 is 0. The Morgan fingerprint density at radius 3 is 2.68 bits per heavy atom. The molecule has 2 atom stereocenters. The van der Waals surface area contributed by atoms with E-state index < -0.39 is 0 Å². The Labute approximate surface area is 113 Å². The van der Waals surface area contributed by atoms with E-state index in [1.807, 2.05) is 20.8 Å². The van der Waals surface area contributed by atoms with Crippen molar-refractivity contribution in [3.63, 3.8) is 0 Å². The first-order chi connectivity index (χ1) is 8.97. The molecule has 0 radical (unpaired) electrons. The van der Waals surface area contributed by atoms with E-state index >= 15 is 0 Å². The molecule has 1 fully saturated rings. The van der Waals surface area contributed by atoms with Crippen LogP contribution in [0.1, 0.15) is 63.7 Å². The molecule has 106 valence electrons. The average molecular weight is 266 g/mol. The number of carbonyl (C=O) groups is 1. The molecule has 3 N–H and O–H groups in total. The predicted octanol–water partition coefficient (Wildman–Crippen LogP) is 1.50. The number of nitrogens with two attached hydrogens (primary N) is 1. The van der Waals surface area contributed by atoms with Crippen molar-refractivity contribution in [2.45, 2.75) is 58.0 Å². The van der Waals surface area contributed by atoms with Gasteiger partial charge >= 0.3 is 0 Å². The molecule has 1 aromatic heterocycles. The summed E-state index contributed by atoms with van der Waals surface area (Å²) in [6.07, 6.45) is 2.55. The van der Waals surface area contributed by atoms with Crippen LogP contribution in [-0.2, 0) is 4.79 Å². The highest BCUT2D eigenvalue weighted by molar-refractivity contribution is 5.76. The molecule has 6 nitrogen and oxygen atoms in total. The van der Waals surface area contributed by atoms with Gasteiger partial charge in [0.25, 0.3) is 0 Å². The van der Waals surface area contributed by atoms with E-state index in [2.05, 4.69) is 15.5 Å². The van der Waals surface area contributed by atoms with Crippen molar-refractivity contribution in [2.24, 2.45) is 11.7 Å². The van der Waals surface area contributed by atoms with Gasteiger partial charge in [0.15, 0.2) is 5.82 Å². The maximum Gasteiger partial charge on any atom is 0.249 e. The first kappa shape index (κ1) is 14.0. The number of aromatic nitrogens is 2. The van der Waals surface area contributed by atoms with Crippen LogP contribution >= 0.6 is 0 Å². The number of nitrogens with zero attached hydrogens (tertiary/aromatic N) is 2. The topological polar surface area (TPSA) is 94.0 Å². The molecular formula is C13H22N4O2. The SMILES string of the molecule is CC(N)CC(=O)NC(c1nc(C2CC2)no1)C(C)C. The molecule has 1 aliphatic rings. The van der Waals surface area contributed by atoms with Gasteiger partial charge in [0.2, 0.25) is 11.8 Å². The van der Waals surface area contributed by atoms with Crippen LogP contribution in [0.3, 0.4) is 0 Å². The smallest absolute Gasteiger partial charge is 0.249 e. The fourth-order valence-corrected chi connectivity index (χ4v) is 1.92. The van der Waals surface area contributed by atoms with Gasteiger partial charge in [-0.05, 0) is 25.7 Å². The molecule has 0 bridgehead atoms. The van der Waals surface area contributed by atoms with E-state index in [9.17, 15) is 4.79 Å². The van der Waals surface area contributed by atoms with Crippen molar-refractivity contribution >= 4 is 5.91 Å². The lowest BCUT2D eigenvalue weighted by Crippen LogP contribution is -2.35. The van der Waals surface area contributed by atoms with Crippen LogP contribution in [0, 0.1) is 5.92 Å². The molecule has 0 saturated heterocycles. The van der Waals surface area contributed by atoms with Gasteiger partial charge in [0.1, 0.15) is 6.04 Å². The summed E-state index contributed by atoms with van der Waals surface area (Å²) in [7, 11) is 0. The molecule has 0 aliphatic heterocycles. The van der Waals surface area contributed by atoms with Gasteiger partial charge in [-0.1, -0.05) is 19.0 Å². The van der Waals surface area contributed by atoms with Gasteiger partial charge in [0.05, 0.1) is 0 Å².